The van der Waals surface area contributed by atoms with Crippen LogP contribution in [-0.2, 0) is 14.3 Å². The monoisotopic (exact) mass is 305 g/mol. The van der Waals surface area contributed by atoms with Gasteiger partial charge in [0, 0.05) is 26.6 Å². The van der Waals surface area contributed by atoms with Crippen molar-refractivity contribution in [2.24, 2.45) is 0 Å². The summed E-state index contributed by atoms with van der Waals surface area (Å²) < 4.78 is 10.0. The largest absolute Gasteiger partial charge is 0.509 e. The number of hydrogen-bond acceptors (Lipinski definition) is 5. The van der Waals surface area contributed by atoms with E-state index < -0.39 is 11.5 Å². The molecule has 0 bridgehead atoms. The highest BCUT2D eigenvalue weighted by atomic mass is 16.5. The number of carbonyl (C=O) groups is 1. The molecule has 0 spiro atoms. The fourth-order valence-electron chi connectivity index (χ4n) is 2.68. The van der Waals surface area contributed by atoms with Crippen LogP contribution >= 0.6 is 0 Å². The van der Waals surface area contributed by atoms with Crippen molar-refractivity contribution < 1.29 is 19.4 Å². The van der Waals surface area contributed by atoms with Gasteiger partial charge < -0.3 is 14.6 Å². The molecule has 0 radical (unpaired) electrons. The Bertz CT molecular complexity index is 517. The zero-order valence-corrected chi connectivity index (χ0v) is 13.2. The molecular weight excluding hydrogens is 282 g/mol. The molecule has 0 aromatic heterocycles. The summed E-state index contributed by atoms with van der Waals surface area (Å²) in [5.41, 5.74) is -0.940. The van der Waals surface area contributed by atoms with Gasteiger partial charge in [-0.25, -0.2) is 4.79 Å². The quantitative estimate of drug-likeness (QED) is 0.442. The Labute approximate surface area is 131 Å². The zero-order chi connectivity index (χ0) is 16.8. The number of rotatable bonds is 7. The molecule has 1 N–H and O–H groups in total. The smallest absolute Gasteiger partial charge is 0.337 e. The lowest BCUT2D eigenvalue weighted by atomic mass is 9.82. The lowest BCUT2D eigenvalue weighted by molar-refractivity contribution is -0.137. The molecule has 1 aliphatic heterocycles. The van der Waals surface area contributed by atoms with Crippen LogP contribution in [0, 0.1) is 12.3 Å². The normalized spacial score (nSPS) is 23.5. The molecule has 1 rings (SSSR count). The first-order valence-corrected chi connectivity index (χ1v) is 7.00. The molecule has 0 unspecified atom stereocenters. The van der Waals surface area contributed by atoms with Gasteiger partial charge in [-0.15, -0.1) is 19.6 Å². The van der Waals surface area contributed by atoms with Crippen molar-refractivity contribution in [3.05, 3.63) is 36.6 Å². The molecule has 0 saturated carbocycles. The van der Waals surface area contributed by atoms with Crippen LogP contribution in [0.3, 0.4) is 0 Å². The summed E-state index contributed by atoms with van der Waals surface area (Å²) in [6.07, 6.45) is 9.36. The minimum absolute atomic E-state index is 0.154. The molecule has 5 heteroatoms. The summed E-state index contributed by atoms with van der Waals surface area (Å²) >= 11 is 0. The Morgan fingerprint density at radius 3 is 2.73 bits per heavy atom. The van der Waals surface area contributed by atoms with E-state index in [-0.39, 0.29) is 23.9 Å². The van der Waals surface area contributed by atoms with E-state index in [2.05, 4.69) is 19.1 Å². The van der Waals surface area contributed by atoms with Crippen molar-refractivity contribution >= 4 is 5.97 Å². The fourth-order valence-corrected chi connectivity index (χ4v) is 2.68. The van der Waals surface area contributed by atoms with E-state index in [1.54, 1.807) is 19.3 Å². The average Bonchev–Trinajstić information content (AvgIpc) is 2.54. The van der Waals surface area contributed by atoms with E-state index in [1.165, 1.54) is 7.11 Å². The molecule has 0 saturated heterocycles. The average molecular weight is 305 g/mol. The molecule has 22 heavy (non-hydrogen) atoms. The predicted octanol–water partition coefficient (Wildman–Crippen LogP) is 1.83. The molecule has 0 aromatic carbocycles. The van der Waals surface area contributed by atoms with Crippen LogP contribution in [0.25, 0.3) is 0 Å². The highest BCUT2D eigenvalue weighted by molar-refractivity contribution is 5.89. The van der Waals surface area contributed by atoms with Gasteiger partial charge in [-0.3, -0.25) is 4.90 Å². The second-order valence-electron chi connectivity index (χ2n) is 5.02. The maximum atomic E-state index is 11.9. The molecule has 1 aliphatic rings. The molecule has 1 heterocycles. The molecule has 0 aromatic rings. The van der Waals surface area contributed by atoms with E-state index in [0.717, 1.165) is 0 Å². The Morgan fingerprint density at radius 2 is 2.27 bits per heavy atom. The maximum Gasteiger partial charge on any atom is 0.337 e. The van der Waals surface area contributed by atoms with Crippen LogP contribution in [0.15, 0.2) is 36.6 Å². The third-order valence-corrected chi connectivity index (χ3v) is 3.93. The summed E-state index contributed by atoms with van der Waals surface area (Å²) in [7, 11) is 2.82. The first-order chi connectivity index (χ1) is 10.5. The van der Waals surface area contributed by atoms with Gasteiger partial charge in [0.2, 0.25) is 0 Å². The second kappa shape index (κ2) is 7.83. The van der Waals surface area contributed by atoms with E-state index in [9.17, 15) is 9.90 Å². The standard InChI is InChI=1S/C17H23NO4/c1-6-10-18-11-9-14(16(20)22-5)15(19)17(18,8-3)12-13(7-2)21-4/h3,6-7,13,19H,1-2,9-12H2,4-5H3/t13-,17+/m0/s1. The molecule has 0 fully saturated rings. The summed E-state index contributed by atoms with van der Waals surface area (Å²) in [4.78, 5) is 13.8. The van der Waals surface area contributed by atoms with Crippen molar-refractivity contribution in [1.82, 2.24) is 4.90 Å². The highest BCUT2D eigenvalue weighted by Gasteiger charge is 2.46. The zero-order valence-electron chi connectivity index (χ0n) is 13.2. The molecule has 0 amide bonds. The number of methoxy groups -OCH3 is 2. The van der Waals surface area contributed by atoms with Crippen LogP contribution < -0.4 is 0 Å². The number of nitrogens with zero attached hydrogens (tertiary/aromatic N) is 1. The number of hydrogen-bond donors (Lipinski definition) is 1. The maximum absolute atomic E-state index is 11.9. The van der Waals surface area contributed by atoms with Crippen molar-refractivity contribution in [2.75, 3.05) is 27.3 Å². The lowest BCUT2D eigenvalue weighted by Gasteiger charge is -2.44. The molecule has 2 atom stereocenters. The van der Waals surface area contributed by atoms with Gasteiger partial charge >= 0.3 is 5.97 Å². The molecule has 120 valence electrons. The lowest BCUT2D eigenvalue weighted by Crippen LogP contribution is -2.55. The molecule has 5 nitrogen and oxygen atoms in total. The van der Waals surface area contributed by atoms with Gasteiger partial charge in [0.25, 0.3) is 0 Å². The number of aliphatic hydroxyl groups is 1. The van der Waals surface area contributed by atoms with E-state index in [0.29, 0.717) is 19.5 Å². The Morgan fingerprint density at radius 1 is 1.59 bits per heavy atom. The van der Waals surface area contributed by atoms with Crippen LogP contribution in [-0.4, -0.2) is 54.9 Å². The summed E-state index contributed by atoms with van der Waals surface area (Å²) in [5.74, 6) is 1.92. The van der Waals surface area contributed by atoms with Gasteiger partial charge in [0.1, 0.15) is 11.3 Å². The van der Waals surface area contributed by atoms with Crippen LogP contribution in [0.4, 0.5) is 0 Å². The fraction of sp³-hybridized carbons (Fsp3) is 0.471. The van der Waals surface area contributed by atoms with E-state index in [1.807, 2.05) is 4.90 Å². The topological polar surface area (TPSA) is 59.0 Å². The highest BCUT2D eigenvalue weighted by Crippen LogP contribution is 2.36. The first-order valence-electron chi connectivity index (χ1n) is 7.00. The van der Waals surface area contributed by atoms with Gasteiger partial charge in [0.15, 0.2) is 0 Å². The summed E-state index contributed by atoms with van der Waals surface area (Å²) in [6, 6.07) is 0. The Balaban J connectivity index is 3.38. The van der Waals surface area contributed by atoms with Crippen molar-refractivity contribution in [2.45, 2.75) is 24.5 Å². The van der Waals surface area contributed by atoms with Gasteiger partial charge in [-0.05, 0) is 6.42 Å². The van der Waals surface area contributed by atoms with Crippen LogP contribution in [0.5, 0.6) is 0 Å². The molecule has 0 aliphatic carbocycles. The van der Waals surface area contributed by atoms with Crippen LogP contribution in [0.1, 0.15) is 12.8 Å². The van der Waals surface area contributed by atoms with Gasteiger partial charge in [0.05, 0.1) is 18.8 Å². The van der Waals surface area contributed by atoms with Crippen LogP contribution in [0.2, 0.25) is 0 Å². The summed E-state index contributed by atoms with van der Waals surface area (Å²) in [6.45, 7) is 8.42. The Kier molecular flexibility index (Phi) is 6.41. The van der Waals surface area contributed by atoms with E-state index in [4.69, 9.17) is 15.9 Å². The van der Waals surface area contributed by atoms with Gasteiger partial charge in [-0.1, -0.05) is 18.1 Å². The van der Waals surface area contributed by atoms with Gasteiger partial charge in [-0.2, -0.15) is 0 Å². The summed E-state index contributed by atoms with van der Waals surface area (Å²) in [5, 5.41) is 10.7. The van der Waals surface area contributed by atoms with Crippen molar-refractivity contribution in [3.63, 3.8) is 0 Å². The number of aliphatic hydroxyl groups excluding tert-OH is 1. The number of esters is 1. The number of terminal acetylenes is 1. The third kappa shape index (κ3) is 3.24. The third-order valence-electron chi connectivity index (χ3n) is 3.93. The SMILES string of the molecule is C#C[C@@]1(C[C@H](C=C)OC)C(O)=C(C(=O)OC)CCN1CC=C. The van der Waals surface area contributed by atoms with Crippen molar-refractivity contribution in [1.29, 1.82) is 0 Å². The van der Waals surface area contributed by atoms with E-state index >= 15 is 0 Å². The Hall–Kier alpha value is -2.03. The second-order valence-corrected chi connectivity index (χ2v) is 5.02. The predicted molar refractivity (Wildman–Crippen MR) is 85.2 cm³/mol. The molecular formula is C17H23NO4. The number of ether oxygens (including phenoxy) is 2. The minimum atomic E-state index is -1.15. The first kappa shape index (κ1) is 18.0. The van der Waals surface area contributed by atoms with Crippen molar-refractivity contribution in [3.8, 4) is 12.3 Å². The minimum Gasteiger partial charge on any atom is -0.509 e. The number of carbonyl (C=O) groups excluding carboxylic acids is 1.